The maximum absolute atomic E-state index is 12.6. The van der Waals surface area contributed by atoms with E-state index >= 15 is 0 Å². The van der Waals surface area contributed by atoms with Gasteiger partial charge in [0.1, 0.15) is 5.58 Å². The normalized spacial score (nSPS) is 16.2. The second-order valence-corrected chi connectivity index (χ2v) is 9.87. The van der Waals surface area contributed by atoms with Crippen LogP contribution < -0.4 is 10.3 Å². The van der Waals surface area contributed by atoms with Crippen LogP contribution in [-0.2, 0) is 16.6 Å². The van der Waals surface area contributed by atoms with E-state index in [1.54, 1.807) is 18.2 Å². The summed E-state index contributed by atoms with van der Waals surface area (Å²) in [6.45, 7) is 4.06. The fraction of sp³-hybridized carbons (Fsp3) is 0.318. The maximum atomic E-state index is 12.6. The molecule has 2 heterocycles. The summed E-state index contributed by atoms with van der Waals surface area (Å²) in [7, 11) is -3.57. The van der Waals surface area contributed by atoms with Crippen LogP contribution in [-0.4, -0.2) is 32.4 Å². The first-order valence-electron chi connectivity index (χ1n) is 9.84. The van der Waals surface area contributed by atoms with E-state index in [1.807, 2.05) is 25.1 Å². The SMILES string of the molecule is Cc1ccc2c(CN3CCC(NS(=O)(=O)c4ccc(Cl)cc4)CC3)cc(=O)oc2c1. The Kier molecular flexibility index (Phi) is 5.97. The molecule has 0 radical (unpaired) electrons. The third-order valence-corrected chi connectivity index (χ3v) is 7.20. The average molecular weight is 447 g/mol. The first-order chi connectivity index (χ1) is 14.3. The molecule has 1 saturated heterocycles. The summed E-state index contributed by atoms with van der Waals surface area (Å²) in [5.41, 5.74) is 2.22. The smallest absolute Gasteiger partial charge is 0.336 e. The van der Waals surface area contributed by atoms with Gasteiger partial charge >= 0.3 is 5.63 Å². The molecule has 4 rings (SSSR count). The number of hydrogen-bond donors (Lipinski definition) is 1. The van der Waals surface area contributed by atoms with Gasteiger partial charge in [-0.2, -0.15) is 0 Å². The van der Waals surface area contributed by atoms with E-state index in [4.69, 9.17) is 16.0 Å². The van der Waals surface area contributed by atoms with Crippen molar-refractivity contribution in [2.45, 2.75) is 37.2 Å². The van der Waals surface area contributed by atoms with Crippen LogP contribution in [0, 0.1) is 6.92 Å². The van der Waals surface area contributed by atoms with Gasteiger partial charge in [-0.15, -0.1) is 0 Å². The number of hydrogen-bond acceptors (Lipinski definition) is 5. The lowest BCUT2D eigenvalue weighted by atomic mass is 10.0. The summed E-state index contributed by atoms with van der Waals surface area (Å²) in [5, 5.41) is 1.44. The van der Waals surface area contributed by atoms with E-state index in [1.165, 1.54) is 12.1 Å². The van der Waals surface area contributed by atoms with E-state index in [0.29, 0.717) is 30.0 Å². The van der Waals surface area contributed by atoms with Crippen LogP contribution in [0.5, 0.6) is 0 Å². The number of benzene rings is 2. The van der Waals surface area contributed by atoms with Gasteiger partial charge in [-0.3, -0.25) is 4.90 Å². The van der Waals surface area contributed by atoms with Crippen LogP contribution >= 0.6 is 11.6 Å². The molecule has 8 heteroatoms. The minimum Gasteiger partial charge on any atom is -0.423 e. The minimum atomic E-state index is -3.57. The minimum absolute atomic E-state index is 0.123. The number of likely N-dealkylation sites (tertiary alicyclic amines) is 1. The molecule has 0 amide bonds. The number of fused-ring (bicyclic) bond motifs is 1. The van der Waals surface area contributed by atoms with E-state index in [-0.39, 0.29) is 16.6 Å². The quantitative estimate of drug-likeness (QED) is 0.604. The lowest BCUT2D eigenvalue weighted by molar-refractivity contribution is 0.200. The summed E-state index contributed by atoms with van der Waals surface area (Å²) in [6, 6.07) is 13.4. The molecule has 0 bridgehead atoms. The Hall–Kier alpha value is -2.19. The van der Waals surface area contributed by atoms with Gasteiger partial charge in [-0.25, -0.2) is 17.9 Å². The van der Waals surface area contributed by atoms with Crippen molar-refractivity contribution in [3.8, 4) is 0 Å². The number of sulfonamides is 1. The molecule has 158 valence electrons. The van der Waals surface area contributed by atoms with Crippen LogP contribution in [0.1, 0.15) is 24.0 Å². The van der Waals surface area contributed by atoms with Crippen molar-refractivity contribution < 1.29 is 12.8 Å². The van der Waals surface area contributed by atoms with Gasteiger partial charge < -0.3 is 4.42 Å². The van der Waals surface area contributed by atoms with Crippen molar-refractivity contribution in [1.82, 2.24) is 9.62 Å². The zero-order chi connectivity index (χ0) is 21.3. The van der Waals surface area contributed by atoms with Gasteiger partial charge in [-0.05, 0) is 61.2 Å². The molecule has 0 saturated carbocycles. The number of nitrogens with one attached hydrogen (secondary N) is 1. The van der Waals surface area contributed by atoms with Crippen LogP contribution in [0.2, 0.25) is 5.02 Å². The van der Waals surface area contributed by atoms with Gasteiger partial charge in [0, 0.05) is 42.2 Å². The largest absolute Gasteiger partial charge is 0.423 e. The number of rotatable bonds is 5. The van der Waals surface area contributed by atoms with Crippen LogP contribution in [0.15, 0.2) is 62.6 Å². The number of halogens is 1. The Balaban J connectivity index is 1.41. The average Bonchev–Trinajstić information content (AvgIpc) is 2.69. The fourth-order valence-corrected chi connectivity index (χ4v) is 5.25. The summed E-state index contributed by atoms with van der Waals surface area (Å²) in [5.74, 6) is 0. The van der Waals surface area contributed by atoms with Gasteiger partial charge in [0.2, 0.25) is 10.0 Å². The molecular weight excluding hydrogens is 424 g/mol. The third kappa shape index (κ3) is 4.75. The molecule has 0 spiro atoms. The standard InChI is InChI=1S/C22H23ClN2O4S/c1-15-2-7-20-16(13-22(26)29-21(20)12-15)14-25-10-8-18(9-11-25)24-30(27,28)19-5-3-17(23)4-6-19/h2-7,12-13,18,24H,8-11,14H2,1H3. The van der Waals surface area contributed by atoms with Crippen LogP contribution in [0.25, 0.3) is 11.0 Å². The lowest BCUT2D eigenvalue weighted by Gasteiger charge is -2.32. The Bertz CT molecular complexity index is 1210. The van der Waals surface area contributed by atoms with Crippen molar-refractivity contribution >= 4 is 32.6 Å². The molecule has 1 aliphatic rings. The first kappa shape index (κ1) is 21.1. The molecule has 0 atom stereocenters. The summed E-state index contributed by atoms with van der Waals surface area (Å²) < 4.78 is 33.3. The molecule has 6 nitrogen and oxygen atoms in total. The van der Waals surface area contributed by atoms with Crippen molar-refractivity contribution in [3.63, 3.8) is 0 Å². The van der Waals surface area contributed by atoms with E-state index in [0.717, 1.165) is 29.6 Å². The van der Waals surface area contributed by atoms with Crippen LogP contribution in [0.4, 0.5) is 0 Å². The van der Waals surface area contributed by atoms with E-state index < -0.39 is 10.0 Å². The van der Waals surface area contributed by atoms with E-state index in [2.05, 4.69) is 9.62 Å². The van der Waals surface area contributed by atoms with Crippen molar-refractivity contribution in [1.29, 1.82) is 0 Å². The Labute approximate surface area is 180 Å². The Morgan fingerprint density at radius 3 is 2.50 bits per heavy atom. The van der Waals surface area contributed by atoms with Crippen molar-refractivity contribution in [3.05, 3.63) is 75.1 Å². The number of nitrogens with zero attached hydrogens (tertiary/aromatic N) is 1. The highest BCUT2D eigenvalue weighted by molar-refractivity contribution is 7.89. The number of aryl methyl sites for hydroxylation is 1. The monoisotopic (exact) mass is 446 g/mol. The first-order valence-corrected chi connectivity index (χ1v) is 11.7. The Morgan fingerprint density at radius 1 is 1.10 bits per heavy atom. The predicted octanol–water partition coefficient (Wildman–Crippen LogP) is 3.70. The van der Waals surface area contributed by atoms with Crippen molar-refractivity contribution in [2.75, 3.05) is 13.1 Å². The highest BCUT2D eigenvalue weighted by Crippen LogP contribution is 2.22. The zero-order valence-electron chi connectivity index (χ0n) is 16.6. The van der Waals surface area contributed by atoms with Gasteiger partial charge in [0.25, 0.3) is 0 Å². The maximum Gasteiger partial charge on any atom is 0.336 e. The molecule has 0 aliphatic carbocycles. The molecular formula is C22H23ClN2O4S. The Morgan fingerprint density at radius 2 is 1.80 bits per heavy atom. The molecule has 1 aliphatic heterocycles. The molecule has 2 aromatic carbocycles. The van der Waals surface area contributed by atoms with Gasteiger partial charge in [-0.1, -0.05) is 23.7 Å². The van der Waals surface area contributed by atoms with Gasteiger partial charge in [0.05, 0.1) is 4.90 Å². The van der Waals surface area contributed by atoms with E-state index in [9.17, 15) is 13.2 Å². The second-order valence-electron chi connectivity index (χ2n) is 7.72. The lowest BCUT2D eigenvalue weighted by Crippen LogP contribution is -2.44. The van der Waals surface area contributed by atoms with Crippen LogP contribution in [0.3, 0.4) is 0 Å². The highest BCUT2D eigenvalue weighted by atomic mass is 35.5. The summed E-state index contributed by atoms with van der Waals surface area (Å²) in [6.07, 6.45) is 1.40. The molecule has 1 fully saturated rings. The fourth-order valence-electron chi connectivity index (χ4n) is 3.82. The third-order valence-electron chi connectivity index (χ3n) is 5.41. The summed E-state index contributed by atoms with van der Waals surface area (Å²) in [4.78, 5) is 14.4. The number of piperidine rings is 1. The summed E-state index contributed by atoms with van der Waals surface area (Å²) >= 11 is 5.84. The van der Waals surface area contributed by atoms with Crippen molar-refractivity contribution in [2.24, 2.45) is 0 Å². The topological polar surface area (TPSA) is 79.6 Å². The van der Waals surface area contributed by atoms with Gasteiger partial charge in [0.15, 0.2) is 0 Å². The highest BCUT2D eigenvalue weighted by Gasteiger charge is 2.25. The predicted molar refractivity (Wildman–Crippen MR) is 117 cm³/mol. The molecule has 0 unspecified atom stereocenters. The molecule has 1 N–H and O–H groups in total. The zero-order valence-corrected chi connectivity index (χ0v) is 18.2. The molecule has 1 aromatic heterocycles. The second kappa shape index (κ2) is 8.51. The molecule has 3 aromatic rings. The molecule has 30 heavy (non-hydrogen) atoms.